The molecule has 1 aromatic carbocycles. The maximum absolute atomic E-state index is 11.7. The van der Waals surface area contributed by atoms with E-state index >= 15 is 0 Å². The lowest BCUT2D eigenvalue weighted by Gasteiger charge is -2.03. The summed E-state index contributed by atoms with van der Waals surface area (Å²) < 4.78 is 10.4. The van der Waals surface area contributed by atoms with Crippen LogP contribution in [0.15, 0.2) is 33.5 Å². The molecule has 2 aromatic rings. The molecule has 1 heterocycles. The highest BCUT2D eigenvalue weighted by molar-refractivity contribution is 5.93. The Bertz CT molecular complexity index is 630. The van der Waals surface area contributed by atoms with Crippen molar-refractivity contribution in [3.8, 4) is 5.75 Å². The van der Waals surface area contributed by atoms with Gasteiger partial charge in [-0.15, -0.1) is 0 Å². The standard InChI is InChI=1S/C12H11NO4/c1-13-12(15)11-6-9(14)8-4-3-7(16-2)5-10(8)17-11/h3-6H,1-2H3,(H,13,15). The Kier molecular flexibility index (Phi) is 2.82. The van der Waals surface area contributed by atoms with Gasteiger partial charge in [-0.3, -0.25) is 9.59 Å². The van der Waals surface area contributed by atoms with Gasteiger partial charge in [0.1, 0.15) is 11.3 Å². The molecule has 0 atom stereocenters. The summed E-state index contributed by atoms with van der Waals surface area (Å²) in [4.78, 5) is 23.1. The smallest absolute Gasteiger partial charge is 0.286 e. The lowest BCUT2D eigenvalue weighted by molar-refractivity contribution is 0.0936. The number of nitrogens with one attached hydrogen (secondary N) is 1. The number of amides is 1. The number of hydrogen-bond donors (Lipinski definition) is 1. The molecule has 1 aromatic heterocycles. The van der Waals surface area contributed by atoms with Gasteiger partial charge < -0.3 is 14.5 Å². The molecule has 5 heteroatoms. The molecule has 88 valence electrons. The average Bonchev–Trinajstić information content (AvgIpc) is 2.36. The number of hydrogen-bond acceptors (Lipinski definition) is 4. The molecule has 1 N–H and O–H groups in total. The maximum atomic E-state index is 11.7. The van der Waals surface area contributed by atoms with Crippen molar-refractivity contribution in [3.05, 3.63) is 40.2 Å². The zero-order valence-corrected chi connectivity index (χ0v) is 9.44. The minimum Gasteiger partial charge on any atom is -0.497 e. The zero-order valence-electron chi connectivity index (χ0n) is 9.44. The van der Waals surface area contributed by atoms with Gasteiger partial charge in [0.25, 0.3) is 5.91 Å². The van der Waals surface area contributed by atoms with Gasteiger partial charge in [-0.05, 0) is 12.1 Å². The lowest BCUT2D eigenvalue weighted by Crippen LogP contribution is -2.19. The number of carbonyl (C=O) groups is 1. The summed E-state index contributed by atoms with van der Waals surface area (Å²) in [5.74, 6) is 0.111. The van der Waals surface area contributed by atoms with Crippen molar-refractivity contribution < 1.29 is 13.9 Å². The molecule has 5 nitrogen and oxygen atoms in total. The van der Waals surface area contributed by atoms with Crippen molar-refractivity contribution in [2.24, 2.45) is 0 Å². The van der Waals surface area contributed by atoms with Crippen molar-refractivity contribution in [3.63, 3.8) is 0 Å². The molecule has 0 unspecified atom stereocenters. The van der Waals surface area contributed by atoms with E-state index in [-0.39, 0.29) is 11.2 Å². The van der Waals surface area contributed by atoms with Crippen molar-refractivity contribution in [2.75, 3.05) is 14.2 Å². The Hall–Kier alpha value is -2.30. The van der Waals surface area contributed by atoms with Crippen LogP contribution in [0.4, 0.5) is 0 Å². The van der Waals surface area contributed by atoms with Gasteiger partial charge in [0.05, 0.1) is 12.5 Å². The number of carbonyl (C=O) groups excluding carboxylic acids is 1. The van der Waals surface area contributed by atoms with Gasteiger partial charge in [0, 0.05) is 19.2 Å². The van der Waals surface area contributed by atoms with E-state index in [1.54, 1.807) is 18.2 Å². The summed E-state index contributed by atoms with van der Waals surface area (Å²) in [6.07, 6.45) is 0. The van der Waals surface area contributed by atoms with Crippen molar-refractivity contribution >= 4 is 16.9 Å². The summed E-state index contributed by atoms with van der Waals surface area (Å²) in [7, 11) is 2.99. The molecule has 0 radical (unpaired) electrons. The van der Waals surface area contributed by atoms with E-state index in [0.717, 1.165) is 0 Å². The fourth-order valence-corrected chi connectivity index (χ4v) is 1.50. The summed E-state index contributed by atoms with van der Waals surface area (Å²) in [6, 6.07) is 6.02. The second-order valence-electron chi connectivity index (χ2n) is 3.42. The molecular formula is C12H11NO4. The van der Waals surface area contributed by atoms with E-state index in [1.807, 2.05) is 0 Å². The van der Waals surface area contributed by atoms with Gasteiger partial charge >= 0.3 is 0 Å². The van der Waals surface area contributed by atoms with Crippen molar-refractivity contribution in [1.29, 1.82) is 0 Å². The van der Waals surface area contributed by atoms with Crippen LogP contribution in [-0.2, 0) is 0 Å². The zero-order chi connectivity index (χ0) is 12.4. The minimum absolute atomic E-state index is 0.0155. The molecule has 0 bridgehead atoms. The molecule has 0 spiro atoms. The van der Waals surface area contributed by atoms with Crippen LogP contribution in [0.1, 0.15) is 10.6 Å². The van der Waals surface area contributed by atoms with Crippen LogP contribution in [0.2, 0.25) is 0 Å². The first-order chi connectivity index (χ1) is 8.15. The fraction of sp³-hybridized carbons (Fsp3) is 0.167. The van der Waals surface area contributed by atoms with E-state index in [9.17, 15) is 9.59 Å². The molecule has 0 aliphatic rings. The molecule has 1 amide bonds. The fourth-order valence-electron chi connectivity index (χ4n) is 1.50. The van der Waals surface area contributed by atoms with E-state index in [2.05, 4.69) is 5.32 Å². The number of rotatable bonds is 2. The molecule has 17 heavy (non-hydrogen) atoms. The predicted octanol–water partition coefficient (Wildman–Crippen LogP) is 1.16. The van der Waals surface area contributed by atoms with Gasteiger partial charge in [-0.2, -0.15) is 0 Å². The van der Waals surface area contributed by atoms with Crippen LogP contribution in [0.5, 0.6) is 5.75 Å². The van der Waals surface area contributed by atoms with Crippen LogP contribution in [0.25, 0.3) is 11.0 Å². The topological polar surface area (TPSA) is 68.5 Å². The Morgan fingerprint density at radius 1 is 1.35 bits per heavy atom. The Balaban J connectivity index is 2.70. The summed E-state index contributed by atoms with van der Waals surface area (Å²) >= 11 is 0. The molecular weight excluding hydrogens is 222 g/mol. The van der Waals surface area contributed by atoms with Gasteiger partial charge in [0.15, 0.2) is 11.2 Å². The molecule has 0 saturated heterocycles. The van der Waals surface area contributed by atoms with E-state index < -0.39 is 5.91 Å². The summed E-state index contributed by atoms with van der Waals surface area (Å²) in [5.41, 5.74) is 0.0722. The van der Waals surface area contributed by atoms with Crippen molar-refractivity contribution in [1.82, 2.24) is 5.32 Å². The van der Waals surface area contributed by atoms with Crippen LogP contribution < -0.4 is 15.5 Å². The first-order valence-electron chi connectivity index (χ1n) is 4.99. The summed E-state index contributed by atoms with van der Waals surface area (Å²) in [5, 5.41) is 2.81. The molecule has 0 aliphatic carbocycles. The van der Waals surface area contributed by atoms with Gasteiger partial charge in [0.2, 0.25) is 0 Å². The van der Waals surface area contributed by atoms with E-state index in [0.29, 0.717) is 16.7 Å². The van der Waals surface area contributed by atoms with E-state index in [1.165, 1.54) is 20.2 Å². The second-order valence-corrected chi connectivity index (χ2v) is 3.42. The number of fused-ring (bicyclic) bond motifs is 1. The first-order valence-corrected chi connectivity index (χ1v) is 4.99. The molecule has 0 fully saturated rings. The van der Waals surface area contributed by atoms with Gasteiger partial charge in [-0.25, -0.2) is 0 Å². The highest BCUT2D eigenvalue weighted by Gasteiger charge is 2.11. The Morgan fingerprint density at radius 3 is 2.76 bits per heavy atom. The van der Waals surface area contributed by atoms with Crippen LogP contribution in [-0.4, -0.2) is 20.1 Å². The number of methoxy groups -OCH3 is 1. The van der Waals surface area contributed by atoms with Crippen LogP contribution in [0.3, 0.4) is 0 Å². The third-order valence-electron chi connectivity index (χ3n) is 2.39. The minimum atomic E-state index is -0.438. The van der Waals surface area contributed by atoms with Gasteiger partial charge in [-0.1, -0.05) is 0 Å². The average molecular weight is 233 g/mol. The third-order valence-corrected chi connectivity index (χ3v) is 2.39. The van der Waals surface area contributed by atoms with Crippen LogP contribution in [0, 0.1) is 0 Å². The second kappa shape index (κ2) is 4.29. The number of ether oxygens (including phenoxy) is 1. The van der Waals surface area contributed by atoms with Crippen LogP contribution >= 0.6 is 0 Å². The maximum Gasteiger partial charge on any atom is 0.286 e. The highest BCUT2D eigenvalue weighted by atomic mass is 16.5. The lowest BCUT2D eigenvalue weighted by atomic mass is 10.2. The highest BCUT2D eigenvalue weighted by Crippen LogP contribution is 2.19. The summed E-state index contributed by atoms with van der Waals surface area (Å²) in [6.45, 7) is 0. The Labute approximate surface area is 97.0 Å². The normalized spacial score (nSPS) is 10.2. The SMILES string of the molecule is CNC(=O)c1cc(=O)c2ccc(OC)cc2o1. The number of benzene rings is 1. The monoisotopic (exact) mass is 233 g/mol. The molecule has 0 saturated carbocycles. The largest absolute Gasteiger partial charge is 0.497 e. The first kappa shape index (κ1) is 11.2. The Morgan fingerprint density at radius 2 is 2.12 bits per heavy atom. The third kappa shape index (κ3) is 1.99. The van der Waals surface area contributed by atoms with Crippen molar-refractivity contribution in [2.45, 2.75) is 0 Å². The predicted molar refractivity (Wildman–Crippen MR) is 62.4 cm³/mol. The molecule has 2 rings (SSSR count). The quantitative estimate of drug-likeness (QED) is 0.845. The van der Waals surface area contributed by atoms with E-state index in [4.69, 9.17) is 9.15 Å². The molecule has 0 aliphatic heterocycles.